The van der Waals surface area contributed by atoms with Gasteiger partial charge < -0.3 is 4.74 Å². The molecule has 12 aromatic rings. The molecule has 0 aliphatic carbocycles. The third-order valence-electron chi connectivity index (χ3n) is 13.0. The molecule has 0 fully saturated rings. The number of hydrogen-bond donors (Lipinski definition) is 0. The predicted octanol–water partition coefficient (Wildman–Crippen LogP) is 16.6. The van der Waals surface area contributed by atoms with E-state index in [2.05, 4.69) is 37.7 Å². The number of rotatable bonds is 9. The summed E-state index contributed by atoms with van der Waals surface area (Å²) in [7, 11) is 0. The summed E-state index contributed by atoms with van der Waals surface area (Å²) < 4.78 is 126. The summed E-state index contributed by atoms with van der Waals surface area (Å²) in [5, 5.41) is 1.77. The summed E-state index contributed by atoms with van der Waals surface area (Å²) in [6, 6.07) is 43.4. The van der Waals surface area contributed by atoms with Crippen LogP contribution in [0.15, 0.2) is 224 Å². The number of fused-ring (bicyclic) bond motifs is 4. The lowest BCUT2D eigenvalue weighted by atomic mass is 9.88. The molecule has 0 saturated carbocycles. The van der Waals surface area contributed by atoms with E-state index in [1.807, 2.05) is 128 Å². The number of nitrogens with zero attached hydrogens (tertiary/aromatic N) is 4. The second kappa shape index (κ2) is 17.6. The van der Waals surface area contributed by atoms with Crippen molar-refractivity contribution in [1.29, 1.82) is 0 Å². The van der Waals surface area contributed by atoms with E-state index in [4.69, 9.17) is 22.1 Å². The van der Waals surface area contributed by atoms with Crippen molar-refractivity contribution < 1.29 is 27.1 Å². The zero-order valence-corrected chi connectivity index (χ0v) is 39.3. The molecule has 71 heavy (non-hydrogen) atoms. The smallest absolute Gasteiger partial charge is 0.269 e. The van der Waals surface area contributed by atoms with Crippen LogP contribution in [0.2, 0.25) is 0 Å². The van der Waals surface area contributed by atoms with Crippen molar-refractivity contribution in [2.75, 3.05) is 0 Å². The first-order valence-corrected chi connectivity index (χ1v) is 23.3. The van der Waals surface area contributed by atoms with Gasteiger partial charge in [0, 0.05) is 27.1 Å². The normalized spacial score (nSPS) is 14.5. The Labute approximate surface area is 433 Å². The van der Waals surface area contributed by atoms with Crippen LogP contribution in [0.3, 0.4) is 0 Å². The average Bonchev–Trinajstić information content (AvgIpc) is 3.07. The van der Waals surface area contributed by atoms with E-state index in [1.165, 1.54) is 0 Å². The zero-order valence-electron chi connectivity index (χ0n) is 52.3. The van der Waals surface area contributed by atoms with Crippen LogP contribution < -0.4 is 9.30 Å². The largest absolute Gasteiger partial charge is 0.458 e. The number of imidazole rings is 1. The molecule has 0 radical (unpaired) electrons. The Morgan fingerprint density at radius 3 is 1.90 bits per heavy atom. The summed E-state index contributed by atoms with van der Waals surface area (Å²) >= 11 is 0. The highest BCUT2D eigenvalue weighted by Crippen LogP contribution is 2.40. The summed E-state index contributed by atoms with van der Waals surface area (Å²) in [4.78, 5) is 4.90. The Bertz CT molecular complexity index is 4560. The zero-order chi connectivity index (χ0) is 59.4. The van der Waals surface area contributed by atoms with Crippen molar-refractivity contribution in [2.45, 2.75) is 40.0 Å². The first kappa shape index (κ1) is 31.4. The van der Waals surface area contributed by atoms with Crippen LogP contribution in [0.4, 0.5) is 0 Å². The van der Waals surface area contributed by atoms with Gasteiger partial charge in [-0.05, 0) is 141 Å². The molecule has 0 atom stereocenters. The van der Waals surface area contributed by atoms with Crippen LogP contribution in [0.25, 0.3) is 94.5 Å². The van der Waals surface area contributed by atoms with Crippen molar-refractivity contribution in [1.82, 2.24) is 14.1 Å². The third kappa shape index (κ3) is 7.96. The van der Waals surface area contributed by atoms with Gasteiger partial charge >= 0.3 is 0 Å². The van der Waals surface area contributed by atoms with Gasteiger partial charge in [0.25, 0.3) is 6.33 Å². The minimum absolute atomic E-state index is 0.125. The van der Waals surface area contributed by atoms with E-state index >= 15 is 0 Å². The topological polar surface area (TPSA) is 35.9 Å². The van der Waals surface area contributed by atoms with Gasteiger partial charge in [0.15, 0.2) is 0 Å². The first-order valence-electron chi connectivity index (χ1n) is 29.8. The lowest BCUT2D eigenvalue weighted by molar-refractivity contribution is -0.571. The number of benzene rings is 9. The van der Waals surface area contributed by atoms with E-state index in [9.17, 15) is 5.48 Å². The highest BCUT2D eigenvalue weighted by molar-refractivity contribution is 6.11. The van der Waals surface area contributed by atoms with Crippen molar-refractivity contribution in [3.8, 4) is 73.2 Å². The maximum absolute atomic E-state index is 9.21. The van der Waals surface area contributed by atoms with Crippen LogP contribution >= 0.6 is 0 Å². The molecule has 9 aromatic carbocycles. The van der Waals surface area contributed by atoms with Crippen LogP contribution in [0, 0.1) is 20.1 Å². The maximum Gasteiger partial charge on any atom is 0.269 e. The van der Waals surface area contributed by atoms with Crippen molar-refractivity contribution in [3.63, 3.8) is 0 Å². The summed E-state index contributed by atoms with van der Waals surface area (Å²) in [6.45, 7) is 6.11. The Morgan fingerprint density at radius 1 is 0.549 bits per heavy atom. The van der Waals surface area contributed by atoms with E-state index in [0.717, 1.165) is 49.6 Å². The molecule has 3 aromatic heterocycles. The second-order valence-electron chi connectivity index (χ2n) is 18.5. The van der Waals surface area contributed by atoms with Crippen LogP contribution in [0.1, 0.15) is 55.3 Å². The number of aryl methyl sites for hydroxylation is 2. The molecule has 342 valence electrons. The quantitative estimate of drug-likeness (QED) is 0.107. The van der Waals surface area contributed by atoms with E-state index < -0.39 is 67.3 Å². The molecule has 0 unspecified atom stereocenters. The highest BCUT2D eigenvalue weighted by atomic mass is 16.5. The van der Waals surface area contributed by atoms with Gasteiger partial charge in [0.1, 0.15) is 17.3 Å². The molecule has 5 heteroatoms. The molecular formula is C66H52N4O. The van der Waals surface area contributed by atoms with Crippen LogP contribution in [-0.4, -0.2) is 14.1 Å². The summed E-state index contributed by atoms with van der Waals surface area (Å²) in [6.07, 6.45) is 5.33. The Kier molecular flexibility index (Phi) is 7.78. The lowest BCUT2D eigenvalue weighted by Crippen LogP contribution is -2.31. The molecule has 0 amide bonds. The fourth-order valence-electron chi connectivity index (χ4n) is 9.53. The van der Waals surface area contributed by atoms with Crippen molar-refractivity contribution in [3.05, 3.63) is 247 Å². The van der Waals surface area contributed by atoms with Crippen molar-refractivity contribution >= 4 is 32.8 Å². The molecule has 0 spiro atoms. The monoisotopic (exact) mass is 929 g/mol. The lowest BCUT2D eigenvalue weighted by Gasteiger charge is -2.20. The molecule has 3 heterocycles. The van der Waals surface area contributed by atoms with Gasteiger partial charge in [-0.2, -0.15) is 0 Å². The SMILES string of the molecule is [2H]c1c([2H])c([2H])c(-c2cccc(-c3c([2H])c([2H])c([2H])c([2H])c3[2H])c2-[n+]2[c-]n(-c3cccc(Oc4ccc5c6cc(-c7ccccc7C([2H])([2H])[2H])ccc6n(-c6cc(C(C)(C)C)ccn6)c5c4)c3)c3ccc(-c4ccccc4C)cc32)c([2H])c1[2H]. The van der Waals surface area contributed by atoms with Crippen LogP contribution in [0.5, 0.6) is 11.5 Å². The maximum atomic E-state index is 9.21. The molecule has 0 aliphatic rings. The summed E-state index contributed by atoms with van der Waals surface area (Å²) in [5.74, 6) is 1.64. The number of ether oxygens (including phenoxy) is 1. The molecular weight excluding hydrogens is 865 g/mol. The third-order valence-corrected chi connectivity index (χ3v) is 13.0. The fraction of sp³-hybridized carbons (Fsp3) is 0.0909. The van der Waals surface area contributed by atoms with E-state index in [1.54, 1.807) is 45.7 Å². The summed E-state index contributed by atoms with van der Waals surface area (Å²) in [5.41, 5.74) is 8.67. The van der Waals surface area contributed by atoms with Crippen molar-refractivity contribution in [2.24, 2.45) is 0 Å². The van der Waals surface area contributed by atoms with Gasteiger partial charge in [-0.15, -0.1) is 0 Å². The second-order valence-corrected chi connectivity index (χ2v) is 18.5. The number of pyridine rings is 1. The van der Waals surface area contributed by atoms with Crippen LogP contribution in [-0.2, 0) is 5.41 Å². The van der Waals surface area contributed by atoms with Gasteiger partial charge in [-0.25, -0.2) is 4.98 Å². The average molecular weight is 930 g/mol. The Morgan fingerprint density at radius 2 is 1.18 bits per heavy atom. The minimum Gasteiger partial charge on any atom is -0.458 e. The predicted molar refractivity (Wildman–Crippen MR) is 292 cm³/mol. The van der Waals surface area contributed by atoms with Gasteiger partial charge in [0.2, 0.25) is 0 Å². The van der Waals surface area contributed by atoms with Gasteiger partial charge in [0.05, 0.1) is 47.1 Å². The molecule has 0 bridgehead atoms. The number of hydrogen-bond acceptors (Lipinski definition) is 2. The Balaban J connectivity index is 1.06. The Hall–Kier alpha value is -8.80. The first-order chi connectivity index (χ1) is 40.0. The standard InChI is InChI=1S/C66H52N4O/c1-44-18-12-14-26-54(44)48-30-34-60-59(38-48)58-33-32-53(42-62(58)70(60)64-40-50(36-37-67-64)66(3,4)5)71-52-25-16-24-51(41-52)68-43-69(63-39-49(31-35-61(63)68)55-27-15-13-19-45(55)2)65-56(46-20-8-6-9-21-46)28-17-29-57(65)47-22-10-7-11-23-47/h6-42H,1-5H3/i1D3,6D,7D,8D,9D,10D,11D,20D,21D,22D,23D. The highest BCUT2D eigenvalue weighted by Gasteiger charge is 2.22. The number of aromatic nitrogens is 4. The molecule has 12 rings (SSSR count). The molecule has 0 N–H and O–H groups in total. The molecule has 0 aliphatic heterocycles. The fourth-order valence-corrected chi connectivity index (χ4v) is 9.53. The van der Waals surface area contributed by atoms with Gasteiger partial charge in [-0.3, -0.25) is 13.7 Å². The minimum atomic E-state index is -2.33. The molecule has 5 nitrogen and oxygen atoms in total. The number of para-hydroxylation sites is 1. The van der Waals surface area contributed by atoms with E-state index in [-0.39, 0.29) is 38.9 Å². The molecule has 0 saturated heterocycles. The van der Waals surface area contributed by atoms with E-state index in [0.29, 0.717) is 39.6 Å². The van der Waals surface area contributed by atoms with Gasteiger partial charge in [-0.1, -0.05) is 172 Å².